The van der Waals surface area contributed by atoms with Gasteiger partial charge < -0.3 is 4.57 Å². The molecular formula is C17H18N4O. The van der Waals surface area contributed by atoms with Crippen molar-refractivity contribution in [2.45, 2.75) is 6.54 Å². The summed E-state index contributed by atoms with van der Waals surface area (Å²) < 4.78 is 1.60. The third-order valence-electron chi connectivity index (χ3n) is 3.68. The summed E-state index contributed by atoms with van der Waals surface area (Å²) >= 11 is 0. The van der Waals surface area contributed by atoms with Crippen LogP contribution in [-0.4, -0.2) is 21.6 Å². The highest BCUT2D eigenvalue weighted by atomic mass is 16.1. The summed E-state index contributed by atoms with van der Waals surface area (Å²) in [6, 6.07) is 10.1. The fourth-order valence-electron chi connectivity index (χ4n) is 2.62. The van der Waals surface area contributed by atoms with Crippen LogP contribution in [-0.2, 0) is 13.6 Å². The molecule has 0 aliphatic heterocycles. The highest BCUT2D eigenvalue weighted by molar-refractivity contribution is 5.95. The van der Waals surface area contributed by atoms with E-state index in [4.69, 9.17) is 5.84 Å². The van der Waals surface area contributed by atoms with Gasteiger partial charge in [0.15, 0.2) is 0 Å². The number of hydrogen-bond donors (Lipinski definition) is 1. The first-order valence-electron chi connectivity index (χ1n) is 7.05. The highest BCUT2D eigenvalue weighted by Crippen LogP contribution is 2.26. The van der Waals surface area contributed by atoms with Gasteiger partial charge in [-0.25, -0.2) is 5.01 Å². The van der Waals surface area contributed by atoms with Gasteiger partial charge in [0.05, 0.1) is 5.39 Å². The molecule has 0 atom stereocenters. The molecule has 22 heavy (non-hydrogen) atoms. The van der Waals surface area contributed by atoms with Crippen molar-refractivity contribution in [3.63, 3.8) is 0 Å². The van der Waals surface area contributed by atoms with Crippen LogP contribution in [0.4, 0.5) is 0 Å². The van der Waals surface area contributed by atoms with Gasteiger partial charge in [-0.05, 0) is 22.6 Å². The molecule has 2 heterocycles. The Kier molecular flexibility index (Phi) is 3.75. The molecule has 0 bridgehead atoms. The number of fused-ring (bicyclic) bond motifs is 1. The van der Waals surface area contributed by atoms with E-state index in [1.54, 1.807) is 29.0 Å². The van der Waals surface area contributed by atoms with E-state index in [1.165, 1.54) is 0 Å². The summed E-state index contributed by atoms with van der Waals surface area (Å²) in [6.45, 7) is 0.693. The molecule has 5 nitrogen and oxygen atoms in total. The highest BCUT2D eigenvalue weighted by Gasteiger charge is 2.09. The predicted molar refractivity (Wildman–Crippen MR) is 88.1 cm³/mol. The topological polar surface area (TPSA) is 64.2 Å². The van der Waals surface area contributed by atoms with Crippen LogP contribution in [0, 0.1) is 0 Å². The first-order valence-corrected chi connectivity index (χ1v) is 7.05. The fraction of sp³-hybridized carbons (Fsp3) is 0.176. The van der Waals surface area contributed by atoms with Gasteiger partial charge in [-0.3, -0.25) is 15.6 Å². The van der Waals surface area contributed by atoms with Gasteiger partial charge in [-0.15, -0.1) is 0 Å². The van der Waals surface area contributed by atoms with Crippen LogP contribution in [0.2, 0.25) is 0 Å². The van der Waals surface area contributed by atoms with Gasteiger partial charge in [0, 0.05) is 44.8 Å². The predicted octanol–water partition coefficient (Wildman–Crippen LogP) is 1.91. The van der Waals surface area contributed by atoms with Crippen LogP contribution < -0.4 is 11.4 Å². The molecule has 0 fully saturated rings. The Morgan fingerprint density at radius 2 is 1.91 bits per heavy atom. The summed E-state index contributed by atoms with van der Waals surface area (Å²) in [5, 5.41) is 3.19. The van der Waals surface area contributed by atoms with E-state index in [2.05, 4.69) is 29.2 Å². The molecule has 0 amide bonds. The standard InChI is InChI=1S/C17H18N4O/c1-20-11-16(14-7-8-19-9-15(14)17(20)22)13-5-3-12(4-6-13)10-21(2)18/h3-9,11H,10,18H2,1-2H3. The zero-order valence-electron chi connectivity index (χ0n) is 12.7. The normalized spacial score (nSPS) is 11.3. The first-order chi connectivity index (χ1) is 10.6. The lowest BCUT2D eigenvalue weighted by molar-refractivity contribution is 0.341. The SMILES string of the molecule is CN(N)Cc1ccc(-c2cn(C)c(=O)c3cnccc23)cc1. The molecule has 0 radical (unpaired) electrons. The maximum atomic E-state index is 12.2. The third kappa shape index (κ3) is 2.64. The van der Waals surface area contributed by atoms with Gasteiger partial charge in [-0.1, -0.05) is 24.3 Å². The molecular weight excluding hydrogens is 276 g/mol. The molecule has 0 saturated heterocycles. The third-order valence-corrected chi connectivity index (χ3v) is 3.68. The molecule has 3 aromatic rings. The van der Waals surface area contributed by atoms with Gasteiger partial charge in [0.25, 0.3) is 5.56 Å². The summed E-state index contributed by atoms with van der Waals surface area (Å²) in [5.41, 5.74) is 3.19. The quantitative estimate of drug-likeness (QED) is 0.592. The number of rotatable bonds is 3. The Morgan fingerprint density at radius 1 is 1.18 bits per heavy atom. The van der Waals surface area contributed by atoms with Crippen molar-refractivity contribution < 1.29 is 0 Å². The van der Waals surface area contributed by atoms with Crippen molar-refractivity contribution in [1.29, 1.82) is 0 Å². The van der Waals surface area contributed by atoms with Crippen molar-refractivity contribution >= 4 is 10.8 Å². The number of nitrogens with two attached hydrogens (primary N) is 1. The van der Waals surface area contributed by atoms with Crippen molar-refractivity contribution in [2.75, 3.05) is 7.05 Å². The van der Waals surface area contributed by atoms with Crippen molar-refractivity contribution in [3.05, 3.63) is 64.8 Å². The number of benzene rings is 1. The number of aryl methyl sites for hydroxylation is 1. The van der Waals surface area contributed by atoms with Gasteiger partial charge in [0.2, 0.25) is 0 Å². The minimum atomic E-state index is -0.0340. The lowest BCUT2D eigenvalue weighted by Crippen LogP contribution is -2.24. The first kappa shape index (κ1) is 14.4. The van der Waals surface area contributed by atoms with E-state index >= 15 is 0 Å². The lowest BCUT2D eigenvalue weighted by atomic mass is 10.0. The minimum absolute atomic E-state index is 0.0340. The van der Waals surface area contributed by atoms with E-state index in [-0.39, 0.29) is 5.56 Å². The molecule has 5 heteroatoms. The van der Waals surface area contributed by atoms with E-state index in [9.17, 15) is 4.79 Å². The largest absolute Gasteiger partial charge is 0.317 e. The zero-order chi connectivity index (χ0) is 15.7. The van der Waals surface area contributed by atoms with Crippen LogP contribution in [0.3, 0.4) is 0 Å². The van der Waals surface area contributed by atoms with Crippen molar-refractivity contribution in [3.8, 4) is 11.1 Å². The molecule has 1 aromatic carbocycles. The second-order valence-electron chi connectivity index (χ2n) is 5.49. The Labute approximate surface area is 128 Å². The summed E-state index contributed by atoms with van der Waals surface area (Å²) in [6.07, 6.45) is 5.21. The zero-order valence-corrected chi connectivity index (χ0v) is 12.7. The number of pyridine rings is 2. The number of hydrogen-bond acceptors (Lipinski definition) is 4. The Hall–Kier alpha value is -2.50. The summed E-state index contributed by atoms with van der Waals surface area (Å²) in [5.74, 6) is 5.67. The number of aromatic nitrogens is 2. The Morgan fingerprint density at radius 3 is 2.59 bits per heavy atom. The van der Waals surface area contributed by atoms with Crippen LogP contribution in [0.25, 0.3) is 21.9 Å². The fourth-order valence-corrected chi connectivity index (χ4v) is 2.62. The van der Waals surface area contributed by atoms with Gasteiger partial charge >= 0.3 is 0 Å². The molecule has 0 unspecified atom stereocenters. The number of hydrazine groups is 1. The van der Waals surface area contributed by atoms with Crippen molar-refractivity contribution in [2.24, 2.45) is 12.9 Å². The second-order valence-corrected chi connectivity index (χ2v) is 5.49. The van der Waals surface area contributed by atoms with Gasteiger partial charge in [0.1, 0.15) is 0 Å². The van der Waals surface area contributed by atoms with Crippen molar-refractivity contribution in [1.82, 2.24) is 14.6 Å². The monoisotopic (exact) mass is 294 g/mol. The molecule has 2 aromatic heterocycles. The smallest absolute Gasteiger partial charge is 0.259 e. The van der Waals surface area contributed by atoms with Crippen LogP contribution in [0.15, 0.2) is 53.7 Å². The van der Waals surface area contributed by atoms with Crippen LogP contribution in [0.1, 0.15) is 5.56 Å². The average molecular weight is 294 g/mol. The summed E-state index contributed by atoms with van der Waals surface area (Å²) in [7, 11) is 3.59. The maximum Gasteiger partial charge on any atom is 0.259 e. The van der Waals surface area contributed by atoms with Crippen LogP contribution >= 0.6 is 0 Å². The minimum Gasteiger partial charge on any atom is -0.317 e. The average Bonchev–Trinajstić information content (AvgIpc) is 2.51. The molecule has 0 spiro atoms. The Bertz CT molecular complexity index is 866. The maximum absolute atomic E-state index is 12.2. The van der Waals surface area contributed by atoms with E-state index in [0.717, 1.165) is 22.1 Å². The molecule has 2 N–H and O–H groups in total. The summed E-state index contributed by atoms with van der Waals surface area (Å²) in [4.78, 5) is 16.3. The van der Waals surface area contributed by atoms with E-state index < -0.39 is 0 Å². The van der Waals surface area contributed by atoms with E-state index in [1.807, 2.05) is 19.3 Å². The second kappa shape index (κ2) is 5.71. The van der Waals surface area contributed by atoms with E-state index in [0.29, 0.717) is 11.9 Å². The molecule has 112 valence electrons. The molecule has 0 saturated carbocycles. The molecule has 0 aliphatic carbocycles. The Balaban J connectivity index is 2.14. The number of nitrogens with zero attached hydrogens (tertiary/aromatic N) is 3. The molecule has 3 rings (SSSR count). The molecule has 0 aliphatic rings. The lowest BCUT2D eigenvalue weighted by Gasteiger charge is -2.12. The van der Waals surface area contributed by atoms with Gasteiger partial charge in [-0.2, -0.15) is 0 Å². The van der Waals surface area contributed by atoms with Crippen LogP contribution in [0.5, 0.6) is 0 Å².